The summed E-state index contributed by atoms with van der Waals surface area (Å²) in [7, 11) is 1.56. The fourth-order valence-electron chi connectivity index (χ4n) is 1.72. The van der Waals surface area contributed by atoms with Crippen LogP contribution in [0.5, 0.6) is 0 Å². The molecule has 5 nitrogen and oxygen atoms in total. The molecule has 2 heterocycles. The third-order valence-corrected chi connectivity index (χ3v) is 3.99. The molecule has 0 aliphatic carbocycles. The highest BCUT2D eigenvalue weighted by molar-refractivity contribution is 8.00. The first-order valence-electron chi connectivity index (χ1n) is 4.65. The van der Waals surface area contributed by atoms with E-state index in [1.54, 1.807) is 7.05 Å². The monoisotopic (exact) mass is 236 g/mol. The Balaban J connectivity index is 2.13. The molecule has 2 saturated heterocycles. The van der Waals surface area contributed by atoms with Crippen LogP contribution < -0.4 is 5.32 Å². The van der Waals surface area contributed by atoms with Gasteiger partial charge in [0.1, 0.15) is 18.8 Å². The molecule has 0 radical (unpaired) electrons. The van der Waals surface area contributed by atoms with E-state index in [0.717, 1.165) is 0 Å². The van der Waals surface area contributed by atoms with E-state index in [4.69, 9.17) is 4.74 Å². The van der Waals surface area contributed by atoms with Gasteiger partial charge in [-0.05, 0) is 0 Å². The van der Waals surface area contributed by atoms with E-state index in [2.05, 4.69) is 10.3 Å². The van der Waals surface area contributed by atoms with Gasteiger partial charge in [-0.25, -0.2) is 9.38 Å². The molecule has 2 rings (SSSR count). The number of nitrogens with one attached hydrogen (secondary N) is 1. The lowest BCUT2D eigenvalue weighted by Gasteiger charge is -2.36. The van der Waals surface area contributed by atoms with Crippen molar-refractivity contribution < 1.29 is 19.3 Å². The standard InChI is InChI=1S/C8H13FN2O3S/c1-10-8-11-4-6(13)5(12)3(2-9)15-7(4)14-8/h3-7,12-13H,2H2,1H3,(H,10,11). The molecule has 0 bridgehead atoms. The zero-order chi connectivity index (χ0) is 11.0. The lowest BCUT2D eigenvalue weighted by atomic mass is 10.0. The largest absolute Gasteiger partial charge is 0.449 e. The summed E-state index contributed by atoms with van der Waals surface area (Å²) in [4.78, 5) is 3.81. The van der Waals surface area contributed by atoms with E-state index < -0.39 is 30.2 Å². The van der Waals surface area contributed by atoms with Gasteiger partial charge in [-0.3, -0.25) is 0 Å². The van der Waals surface area contributed by atoms with Crippen molar-refractivity contribution in [2.75, 3.05) is 13.7 Å². The van der Waals surface area contributed by atoms with Crippen molar-refractivity contribution in [3.05, 3.63) is 0 Å². The van der Waals surface area contributed by atoms with Crippen LogP contribution in [0.2, 0.25) is 0 Å². The second kappa shape index (κ2) is 4.15. The quantitative estimate of drug-likeness (QED) is 0.550. The maximum Gasteiger partial charge on any atom is 0.286 e. The number of rotatable bonds is 1. The molecule has 3 N–H and O–H groups in total. The molecule has 0 spiro atoms. The van der Waals surface area contributed by atoms with E-state index in [1.807, 2.05) is 0 Å². The summed E-state index contributed by atoms with van der Waals surface area (Å²) in [5, 5.41) is 21.5. The first-order chi connectivity index (χ1) is 7.17. The number of hydrogen-bond donors (Lipinski definition) is 3. The molecule has 2 aliphatic rings. The van der Waals surface area contributed by atoms with Crippen LogP contribution in [-0.2, 0) is 4.74 Å². The molecule has 0 aromatic rings. The fraction of sp³-hybridized carbons (Fsp3) is 0.875. The van der Waals surface area contributed by atoms with Crippen LogP contribution in [0.15, 0.2) is 4.99 Å². The number of aliphatic imine (C=N–C) groups is 1. The predicted octanol–water partition coefficient (Wildman–Crippen LogP) is -0.907. The molecule has 0 amide bonds. The minimum absolute atomic E-state index is 0.322. The summed E-state index contributed by atoms with van der Waals surface area (Å²) in [6.07, 6.45) is -2.11. The Morgan fingerprint density at radius 1 is 1.53 bits per heavy atom. The second-order valence-corrected chi connectivity index (χ2v) is 4.84. The van der Waals surface area contributed by atoms with Gasteiger partial charge in [-0.1, -0.05) is 0 Å². The molecule has 2 aliphatic heterocycles. The third-order valence-electron chi connectivity index (χ3n) is 2.57. The number of amidine groups is 1. The van der Waals surface area contributed by atoms with Crippen molar-refractivity contribution >= 4 is 17.8 Å². The molecule has 0 aromatic carbocycles. The number of aliphatic hydroxyl groups is 2. The van der Waals surface area contributed by atoms with E-state index in [1.165, 1.54) is 11.8 Å². The average molecular weight is 236 g/mol. The van der Waals surface area contributed by atoms with E-state index in [9.17, 15) is 14.6 Å². The highest BCUT2D eigenvalue weighted by Crippen LogP contribution is 2.36. The van der Waals surface area contributed by atoms with Crippen LogP contribution in [0.3, 0.4) is 0 Å². The Morgan fingerprint density at radius 2 is 2.27 bits per heavy atom. The van der Waals surface area contributed by atoms with Crippen molar-refractivity contribution in [1.29, 1.82) is 0 Å². The maximum atomic E-state index is 12.5. The minimum Gasteiger partial charge on any atom is -0.449 e. The van der Waals surface area contributed by atoms with Gasteiger partial charge >= 0.3 is 0 Å². The Labute approximate surface area is 90.7 Å². The summed E-state index contributed by atoms with van der Waals surface area (Å²) >= 11 is 1.18. The van der Waals surface area contributed by atoms with Crippen molar-refractivity contribution in [2.24, 2.45) is 4.99 Å². The van der Waals surface area contributed by atoms with Crippen LogP contribution in [0, 0.1) is 0 Å². The summed E-state index contributed by atoms with van der Waals surface area (Å²) in [6.45, 7) is -0.686. The van der Waals surface area contributed by atoms with Crippen molar-refractivity contribution in [2.45, 2.75) is 28.9 Å². The number of hydrogen-bond acceptors (Lipinski definition) is 5. The number of fused-ring (bicyclic) bond motifs is 1. The van der Waals surface area contributed by atoms with Gasteiger partial charge < -0.3 is 20.3 Å². The number of thioether (sulfide) groups is 1. The van der Waals surface area contributed by atoms with Crippen LogP contribution >= 0.6 is 11.8 Å². The van der Waals surface area contributed by atoms with Crippen molar-refractivity contribution in [3.63, 3.8) is 0 Å². The van der Waals surface area contributed by atoms with Gasteiger partial charge in [0.2, 0.25) is 0 Å². The number of nitrogens with zero attached hydrogens (tertiary/aromatic N) is 1. The molecule has 15 heavy (non-hydrogen) atoms. The zero-order valence-corrected chi connectivity index (χ0v) is 8.95. The van der Waals surface area contributed by atoms with Gasteiger partial charge in [-0.2, -0.15) is 0 Å². The molecule has 7 heteroatoms. The summed E-state index contributed by atoms with van der Waals surface area (Å²) in [6, 6.07) is -0.102. The first-order valence-corrected chi connectivity index (χ1v) is 5.59. The number of aliphatic hydroxyl groups excluding tert-OH is 2. The fourth-order valence-corrected chi connectivity index (χ4v) is 3.00. The highest BCUT2D eigenvalue weighted by Gasteiger charge is 2.49. The maximum absolute atomic E-state index is 12.5. The Kier molecular flexibility index (Phi) is 3.03. The Morgan fingerprint density at radius 3 is 2.87 bits per heavy atom. The molecule has 2 fully saturated rings. The van der Waals surface area contributed by atoms with Gasteiger partial charge in [0, 0.05) is 7.05 Å². The molecular weight excluding hydrogens is 223 g/mol. The lowest BCUT2D eigenvalue weighted by molar-refractivity contribution is -0.0164. The highest BCUT2D eigenvalue weighted by atomic mass is 32.2. The molecule has 5 atom stereocenters. The zero-order valence-electron chi connectivity index (χ0n) is 8.13. The van der Waals surface area contributed by atoms with Crippen LogP contribution in [0.1, 0.15) is 0 Å². The molecule has 0 aromatic heterocycles. The molecule has 5 unspecified atom stereocenters. The number of ether oxygens (including phenoxy) is 1. The van der Waals surface area contributed by atoms with Gasteiger partial charge in [-0.15, -0.1) is 11.8 Å². The summed E-state index contributed by atoms with van der Waals surface area (Å²) in [5.74, 6) is 0. The van der Waals surface area contributed by atoms with Gasteiger partial charge in [0.25, 0.3) is 6.02 Å². The average Bonchev–Trinajstić information content (AvgIpc) is 2.66. The topological polar surface area (TPSA) is 74.1 Å². The summed E-state index contributed by atoms with van der Waals surface area (Å²) < 4.78 is 17.9. The van der Waals surface area contributed by atoms with E-state index >= 15 is 0 Å². The van der Waals surface area contributed by atoms with Crippen LogP contribution in [0.4, 0.5) is 4.39 Å². The predicted molar refractivity (Wildman–Crippen MR) is 54.5 cm³/mol. The third kappa shape index (κ3) is 1.79. The minimum atomic E-state index is -1.08. The Hall–Kier alpha value is -0.530. The van der Waals surface area contributed by atoms with Crippen LogP contribution in [-0.4, -0.2) is 58.9 Å². The lowest BCUT2D eigenvalue weighted by Crippen LogP contribution is -2.56. The Bertz CT molecular complexity index is 279. The normalized spacial score (nSPS) is 47.2. The number of alkyl halides is 1. The second-order valence-electron chi connectivity index (χ2n) is 3.50. The smallest absolute Gasteiger partial charge is 0.286 e. The molecule has 86 valence electrons. The number of halogens is 1. The van der Waals surface area contributed by atoms with Gasteiger partial charge in [0.05, 0.1) is 11.4 Å². The van der Waals surface area contributed by atoms with E-state index in [-0.39, 0.29) is 5.44 Å². The SMILES string of the molecule is CN=C1NC2C(O1)SC(CF)C(O)C2O. The van der Waals surface area contributed by atoms with Crippen LogP contribution in [0.25, 0.3) is 0 Å². The summed E-state index contributed by atoms with van der Waals surface area (Å²) in [5.41, 5.74) is -0.386. The molecule has 0 saturated carbocycles. The van der Waals surface area contributed by atoms with Crippen molar-refractivity contribution in [1.82, 2.24) is 5.32 Å². The van der Waals surface area contributed by atoms with E-state index in [0.29, 0.717) is 6.02 Å². The molecular formula is C8H13FN2O3S. The first kappa shape index (κ1) is 11.0. The van der Waals surface area contributed by atoms with Gasteiger partial charge in [0.15, 0.2) is 5.44 Å². The van der Waals surface area contributed by atoms with Crippen molar-refractivity contribution in [3.8, 4) is 0 Å².